The summed E-state index contributed by atoms with van der Waals surface area (Å²) in [4.78, 5) is 5.47. The van der Waals surface area contributed by atoms with Crippen LogP contribution >= 0.6 is 11.3 Å². The molecular weight excluding hydrogens is 288 g/mol. The number of hydrogen-bond donors (Lipinski definition) is 2. The van der Waals surface area contributed by atoms with E-state index in [0.717, 1.165) is 31.7 Å². The monoisotopic (exact) mass is 314 g/mol. The van der Waals surface area contributed by atoms with Crippen molar-refractivity contribution in [2.75, 3.05) is 32.9 Å². The highest BCUT2D eigenvalue weighted by Crippen LogP contribution is 2.13. The molecule has 120 valence electrons. The van der Waals surface area contributed by atoms with Crippen molar-refractivity contribution >= 4 is 11.3 Å². The van der Waals surface area contributed by atoms with E-state index in [9.17, 15) is 5.11 Å². The van der Waals surface area contributed by atoms with Crippen LogP contribution in [0.1, 0.15) is 29.8 Å². The molecule has 0 amide bonds. The highest BCUT2D eigenvalue weighted by atomic mass is 32.1. The van der Waals surface area contributed by atoms with Crippen LogP contribution in [0.5, 0.6) is 0 Å². The normalized spacial score (nSPS) is 20.6. The van der Waals surface area contributed by atoms with Crippen molar-refractivity contribution in [1.82, 2.24) is 10.3 Å². The van der Waals surface area contributed by atoms with Crippen molar-refractivity contribution in [2.45, 2.75) is 44.8 Å². The summed E-state index contributed by atoms with van der Waals surface area (Å²) in [5, 5.41) is 13.1. The summed E-state index contributed by atoms with van der Waals surface area (Å²) in [7, 11) is 0. The summed E-state index contributed by atoms with van der Waals surface area (Å²) in [5.41, 5.74) is 2.94. The zero-order valence-electron chi connectivity index (χ0n) is 12.7. The molecule has 1 fully saturated rings. The number of ether oxygens (including phenoxy) is 2. The van der Waals surface area contributed by atoms with Crippen molar-refractivity contribution < 1.29 is 14.6 Å². The minimum atomic E-state index is -0.462. The van der Waals surface area contributed by atoms with Crippen LogP contribution in [0.4, 0.5) is 0 Å². The molecule has 2 atom stereocenters. The van der Waals surface area contributed by atoms with Crippen LogP contribution in [0.25, 0.3) is 0 Å². The van der Waals surface area contributed by atoms with Gasteiger partial charge in [0.15, 0.2) is 0 Å². The Labute approximate surface area is 130 Å². The molecule has 2 unspecified atom stereocenters. The maximum Gasteiger partial charge on any atom is 0.0897 e. The largest absolute Gasteiger partial charge is 0.389 e. The lowest BCUT2D eigenvalue weighted by atomic mass is 10.1. The van der Waals surface area contributed by atoms with Gasteiger partial charge in [0.05, 0.1) is 36.6 Å². The second-order valence-corrected chi connectivity index (χ2v) is 6.43. The van der Waals surface area contributed by atoms with Crippen molar-refractivity contribution in [3.63, 3.8) is 0 Å². The lowest BCUT2D eigenvalue weighted by Crippen LogP contribution is -2.37. The van der Waals surface area contributed by atoms with Crippen LogP contribution in [0.15, 0.2) is 5.51 Å². The molecule has 1 aliphatic heterocycles. The van der Waals surface area contributed by atoms with Crippen molar-refractivity contribution in [3.05, 3.63) is 16.1 Å². The summed E-state index contributed by atoms with van der Waals surface area (Å²) in [6, 6.07) is 0. The Bertz CT molecular complexity index is 394. The molecule has 1 aliphatic rings. The highest BCUT2D eigenvalue weighted by molar-refractivity contribution is 7.09. The SMILES string of the molecule is Cc1ncsc1CCOCC(O)CNCC1CCCCO1. The second-order valence-electron chi connectivity index (χ2n) is 5.49. The van der Waals surface area contributed by atoms with Gasteiger partial charge in [-0.15, -0.1) is 11.3 Å². The van der Waals surface area contributed by atoms with Gasteiger partial charge in [0.1, 0.15) is 0 Å². The molecule has 1 aromatic rings. The first-order valence-electron chi connectivity index (χ1n) is 7.73. The van der Waals surface area contributed by atoms with Crippen LogP contribution in [-0.2, 0) is 15.9 Å². The zero-order valence-corrected chi connectivity index (χ0v) is 13.5. The minimum absolute atomic E-state index is 0.307. The molecule has 21 heavy (non-hydrogen) atoms. The molecule has 2 heterocycles. The maximum atomic E-state index is 9.85. The topological polar surface area (TPSA) is 63.6 Å². The lowest BCUT2D eigenvalue weighted by molar-refractivity contribution is 0.00972. The molecule has 1 aromatic heterocycles. The molecule has 1 saturated heterocycles. The van der Waals surface area contributed by atoms with Gasteiger partial charge < -0.3 is 19.9 Å². The van der Waals surface area contributed by atoms with Gasteiger partial charge >= 0.3 is 0 Å². The van der Waals surface area contributed by atoms with E-state index < -0.39 is 6.10 Å². The first kappa shape index (κ1) is 16.8. The fraction of sp³-hybridized carbons (Fsp3) is 0.800. The average molecular weight is 314 g/mol. The molecule has 6 heteroatoms. The molecule has 0 aromatic carbocycles. The summed E-state index contributed by atoms with van der Waals surface area (Å²) in [6.07, 6.45) is 4.25. The Morgan fingerprint density at radius 1 is 1.57 bits per heavy atom. The van der Waals surface area contributed by atoms with Crippen LogP contribution in [0, 0.1) is 6.92 Å². The Morgan fingerprint density at radius 3 is 3.19 bits per heavy atom. The number of aryl methyl sites for hydroxylation is 1. The van der Waals surface area contributed by atoms with Crippen LogP contribution in [0.2, 0.25) is 0 Å². The average Bonchev–Trinajstić information content (AvgIpc) is 2.90. The fourth-order valence-electron chi connectivity index (χ4n) is 2.39. The van der Waals surface area contributed by atoms with Gasteiger partial charge in [-0.1, -0.05) is 0 Å². The third-order valence-electron chi connectivity index (χ3n) is 3.65. The molecule has 2 rings (SSSR count). The number of aliphatic hydroxyl groups is 1. The molecule has 0 bridgehead atoms. The molecular formula is C15H26N2O3S. The first-order valence-corrected chi connectivity index (χ1v) is 8.60. The minimum Gasteiger partial charge on any atom is -0.389 e. The molecule has 0 saturated carbocycles. The van der Waals surface area contributed by atoms with Gasteiger partial charge in [0, 0.05) is 31.0 Å². The number of rotatable bonds is 9. The highest BCUT2D eigenvalue weighted by Gasteiger charge is 2.13. The van der Waals surface area contributed by atoms with Gasteiger partial charge in [-0.3, -0.25) is 0 Å². The van der Waals surface area contributed by atoms with E-state index in [4.69, 9.17) is 9.47 Å². The molecule has 0 spiro atoms. The van der Waals surface area contributed by atoms with E-state index in [1.165, 1.54) is 17.7 Å². The standard InChI is InChI=1S/C15H26N2O3S/c1-12-15(21-11-17-12)5-7-19-10-13(18)8-16-9-14-4-2-3-6-20-14/h11,13-14,16,18H,2-10H2,1H3. The molecule has 0 radical (unpaired) electrons. The quantitative estimate of drug-likeness (QED) is 0.677. The number of hydrogen-bond acceptors (Lipinski definition) is 6. The van der Waals surface area contributed by atoms with Gasteiger partial charge in [-0.05, 0) is 26.2 Å². The fourth-order valence-corrected chi connectivity index (χ4v) is 3.15. The predicted octanol–water partition coefficient (Wildman–Crippen LogP) is 1.53. The van der Waals surface area contributed by atoms with E-state index in [0.29, 0.717) is 25.9 Å². The van der Waals surface area contributed by atoms with Crippen molar-refractivity contribution in [1.29, 1.82) is 0 Å². The molecule has 5 nitrogen and oxygen atoms in total. The Morgan fingerprint density at radius 2 is 2.48 bits per heavy atom. The van der Waals surface area contributed by atoms with Crippen LogP contribution in [-0.4, -0.2) is 55.2 Å². The zero-order chi connectivity index (χ0) is 14.9. The summed E-state index contributed by atoms with van der Waals surface area (Å²) < 4.78 is 11.2. The lowest BCUT2D eigenvalue weighted by Gasteiger charge is -2.23. The third kappa shape index (κ3) is 6.40. The number of thiazole rings is 1. The number of nitrogens with one attached hydrogen (secondary N) is 1. The second kappa shape index (κ2) is 9.48. The van der Waals surface area contributed by atoms with Crippen molar-refractivity contribution in [3.8, 4) is 0 Å². The van der Waals surface area contributed by atoms with Gasteiger partial charge in [0.2, 0.25) is 0 Å². The number of aliphatic hydroxyl groups excluding tert-OH is 1. The van der Waals surface area contributed by atoms with Crippen LogP contribution < -0.4 is 5.32 Å². The van der Waals surface area contributed by atoms with Gasteiger partial charge in [0.25, 0.3) is 0 Å². The smallest absolute Gasteiger partial charge is 0.0897 e. The van der Waals surface area contributed by atoms with Crippen molar-refractivity contribution in [2.24, 2.45) is 0 Å². The third-order valence-corrected chi connectivity index (χ3v) is 4.65. The first-order chi connectivity index (χ1) is 10.3. The Kier molecular flexibility index (Phi) is 7.60. The van der Waals surface area contributed by atoms with E-state index >= 15 is 0 Å². The van der Waals surface area contributed by atoms with Crippen LogP contribution in [0.3, 0.4) is 0 Å². The Hall–Kier alpha value is -0.530. The van der Waals surface area contributed by atoms with Gasteiger partial charge in [-0.2, -0.15) is 0 Å². The molecule has 0 aliphatic carbocycles. The molecule has 2 N–H and O–H groups in total. The maximum absolute atomic E-state index is 9.85. The Balaban J connectivity index is 1.47. The number of nitrogens with zero attached hydrogens (tertiary/aromatic N) is 1. The summed E-state index contributed by atoms with van der Waals surface area (Å²) in [6.45, 7) is 5.26. The van der Waals surface area contributed by atoms with E-state index in [1.54, 1.807) is 11.3 Å². The van der Waals surface area contributed by atoms with Gasteiger partial charge in [-0.25, -0.2) is 4.98 Å². The van der Waals surface area contributed by atoms with E-state index in [-0.39, 0.29) is 0 Å². The van der Waals surface area contributed by atoms with E-state index in [2.05, 4.69) is 10.3 Å². The summed E-state index contributed by atoms with van der Waals surface area (Å²) in [5.74, 6) is 0. The predicted molar refractivity (Wildman–Crippen MR) is 83.8 cm³/mol. The number of aromatic nitrogens is 1. The van der Waals surface area contributed by atoms with E-state index in [1.807, 2.05) is 12.4 Å². The summed E-state index contributed by atoms with van der Waals surface area (Å²) >= 11 is 1.66.